The predicted octanol–water partition coefficient (Wildman–Crippen LogP) is 3.47. The lowest BCUT2D eigenvalue weighted by molar-refractivity contribution is 0.570. The highest BCUT2D eigenvalue weighted by Gasteiger charge is 2.02. The van der Waals surface area contributed by atoms with Crippen LogP contribution in [0.15, 0.2) is 29.2 Å². The average molecular weight is 209 g/mol. The van der Waals surface area contributed by atoms with Gasteiger partial charge in [0.25, 0.3) is 0 Å². The Morgan fingerprint density at radius 3 is 2.43 bits per heavy atom. The molecule has 1 atom stereocenters. The number of hydrogen-bond acceptors (Lipinski definition) is 2. The van der Waals surface area contributed by atoms with Crippen LogP contribution in [0.1, 0.15) is 31.9 Å². The first kappa shape index (κ1) is 11.6. The van der Waals surface area contributed by atoms with Gasteiger partial charge in [-0.05, 0) is 43.8 Å². The molecule has 0 aliphatic carbocycles. The second-order valence-electron chi connectivity index (χ2n) is 3.45. The van der Waals surface area contributed by atoms with Crippen LogP contribution in [0, 0.1) is 0 Å². The van der Waals surface area contributed by atoms with Crippen molar-refractivity contribution in [1.29, 1.82) is 0 Å². The Hall–Kier alpha value is -0.470. The monoisotopic (exact) mass is 209 g/mol. The number of benzene rings is 1. The highest BCUT2D eigenvalue weighted by molar-refractivity contribution is 7.98. The lowest BCUT2D eigenvalue weighted by Gasteiger charge is -2.13. The van der Waals surface area contributed by atoms with Crippen molar-refractivity contribution in [3.05, 3.63) is 29.8 Å². The van der Waals surface area contributed by atoms with Crippen molar-refractivity contribution in [1.82, 2.24) is 5.32 Å². The third-order valence-corrected chi connectivity index (χ3v) is 3.06. The maximum atomic E-state index is 3.48. The molecule has 1 rings (SSSR count). The molecule has 0 aliphatic heterocycles. The van der Waals surface area contributed by atoms with Crippen LogP contribution in [0.3, 0.4) is 0 Å². The van der Waals surface area contributed by atoms with Gasteiger partial charge in [-0.1, -0.05) is 19.1 Å². The number of hydrogen-bond donors (Lipinski definition) is 1. The lowest BCUT2D eigenvalue weighted by atomic mass is 10.1. The second-order valence-corrected chi connectivity index (χ2v) is 4.33. The summed E-state index contributed by atoms with van der Waals surface area (Å²) in [4.78, 5) is 1.33. The van der Waals surface area contributed by atoms with E-state index in [9.17, 15) is 0 Å². The largest absolute Gasteiger partial charge is 0.310 e. The van der Waals surface area contributed by atoms with Gasteiger partial charge in [-0.3, -0.25) is 0 Å². The molecule has 0 saturated heterocycles. The van der Waals surface area contributed by atoms with Crippen molar-refractivity contribution in [2.24, 2.45) is 0 Å². The Balaban J connectivity index is 2.57. The minimum atomic E-state index is 0.464. The van der Waals surface area contributed by atoms with E-state index in [0.29, 0.717) is 6.04 Å². The molecule has 0 radical (unpaired) electrons. The molecule has 2 heteroatoms. The quantitative estimate of drug-likeness (QED) is 0.745. The second kappa shape index (κ2) is 6.10. The molecule has 0 bridgehead atoms. The number of thioether (sulfide) groups is 1. The minimum absolute atomic E-state index is 0.464. The summed E-state index contributed by atoms with van der Waals surface area (Å²) in [5.41, 5.74) is 1.37. The van der Waals surface area contributed by atoms with Gasteiger partial charge in [0, 0.05) is 10.9 Å². The zero-order chi connectivity index (χ0) is 10.4. The number of nitrogens with one attached hydrogen (secondary N) is 1. The van der Waals surface area contributed by atoms with Crippen molar-refractivity contribution in [2.75, 3.05) is 12.8 Å². The van der Waals surface area contributed by atoms with E-state index in [4.69, 9.17) is 0 Å². The molecule has 0 heterocycles. The predicted molar refractivity (Wildman–Crippen MR) is 64.9 cm³/mol. The van der Waals surface area contributed by atoms with Gasteiger partial charge in [0.2, 0.25) is 0 Å². The third kappa shape index (κ3) is 3.35. The molecule has 0 aromatic heterocycles. The van der Waals surface area contributed by atoms with Crippen molar-refractivity contribution >= 4 is 11.8 Å². The minimum Gasteiger partial charge on any atom is -0.310 e. The van der Waals surface area contributed by atoms with Crippen LogP contribution in [-0.4, -0.2) is 12.8 Å². The summed E-state index contributed by atoms with van der Waals surface area (Å²) in [6.45, 7) is 5.49. The van der Waals surface area contributed by atoms with Gasteiger partial charge in [0.05, 0.1) is 0 Å². The summed E-state index contributed by atoms with van der Waals surface area (Å²) in [5.74, 6) is 0. The van der Waals surface area contributed by atoms with E-state index in [-0.39, 0.29) is 0 Å². The van der Waals surface area contributed by atoms with Gasteiger partial charge in [-0.15, -0.1) is 11.8 Å². The first-order valence-corrected chi connectivity index (χ1v) is 6.37. The summed E-state index contributed by atoms with van der Waals surface area (Å²) in [6.07, 6.45) is 3.29. The van der Waals surface area contributed by atoms with Crippen LogP contribution in [0.5, 0.6) is 0 Å². The zero-order valence-electron chi connectivity index (χ0n) is 9.21. The van der Waals surface area contributed by atoms with E-state index in [2.05, 4.69) is 49.7 Å². The summed E-state index contributed by atoms with van der Waals surface area (Å²) in [7, 11) is 0. The first-order chi connectivity index (χ1) is 6.77. The van der Waals surface area contributed by atoms with E-state index in [1.807, 2.05) is 0 Å². The van der Waals surface area contributed by atoms with Gasteiger partial charge < -0.3 is 5.32 Å². The van der Waals surface area contributed by atoms with Crippen LogP contribution < -0.4 is 5.32 Å². The van der Waals surface area contributed by atoms with E-state index in [1.54, 1.807) is 11.8 Å². The molecule has 0 aliphatic rings. The van der Waals surface area contributed by atoms with Crippen molar-refractivity contribution in [2.45, 2.75) is 31.2 Å². The average Bonchev–Trinajstić information content (AvgIpc) is 2.26. The van der Waals surface area contributed by atoms with Crippen molar-refractivity contribution in [3.8, 4) is 0 Å². The summed E-state index contributed by atoms with van der Waals surface area (Å²) < 4.78 is 0. The fraction of sp³-hybridized carbons (Fsp3) is 0.500. The van der Waals surface area contributed by atoms with Crippen molar-refractivity contribution < 1.29 is 0 Å². The smallest absolute Gasteiger partial charge is 0.0291 e. The van der Waals surface area contributed by atoms with Crippen LogP contribution in [0.4, 0.5) is 0 Å². The Kier molecular flexibility index (Phi) is 5.05. The molecular weight excluding hydrogens is 190 g/mol. The maximum Gasteiger partial charge on any atom is 0.0291 e. The molecule has 1 N–H and O–H groups in total. The topological polar surface area (TPSA) is 12.0 Å². The van der Waals surface area contributed by atoms with Gasteiger partial charge in [-0.25, -0.2) is 0 Å². The van der Waals surface area contributed by atoms with Crippen LogP contribution in [-0.2, 0) is 0 Å². The Bertz CT molecular complexity index is 256. The molecule has 1 aromatic carbocycles. The van der Waals surface area contributed by atoms with Crippen LogP contribution in [0.25, 0.3) is 0 Å². The summed E-state index contributed by atoms with van der Waals surface area (Å²) in [5, 5.41) is 3.48. The van der Waals surface area contributed by atoms with Crippen LogP contribution >= 0.6 is 11.8 Å². The SMILES string of the molecule is CCCN[C@H](C)c1ccc(SC)cc1. The van der Waals surface area contributed by atoms with Gasteiger partial charge >= 0.3 is 0 Å². The molecule has 14 heavy (non-hydrogen) atoms. The maximum absolute atomic E-state index is 3.48. The molecule has 0 fully saturated rings. The van der Waals surface area contributed by atoms with Crippen molar-refractivity contribution in [3.63, 3.8) is 0 Å². The van der Waals surface area contributed by atoms with Gasteiger partial charge in [-0.2, -0.15) is 0 Å². The molecule has 0 amide bonds. The molecule has 0 unspecified atom stereocenters. The van der Waals surface area contributed by atoms with E-state index in [1.165, 1.54) is 16.9 Å². The van der Waals surface area contributed by atoms with E-state index >= 15 is 0 Å². The van der Waals surface area contributed by atoms with Crippen LogP contribution in [0.2, 0.25) is 0 Å². The molecule has 1 nitrogen and oxygen atoms in total. The molecule has 1 aromatic rings. The lowest BCUT2D eigenvalue weighted by Crippen LogP contribution is -2.19. The number of rotatable bonds is 5. The molecule has 0 saturated carbocycles. The summed E-state index contributed by atoms with van der Waals surface area (Å²) >= 11 is 1.79. The molecule has 0 spiro atoms. The normalized spacial score (nSPS) is 12.8. The Labute approximate surface area is 91.3 Å². The Morgan fingerprint density at radius 1 is 1.29 bits per heavy atom. The summed E-state index contributed by atoms with van der Waals surface area (Å²) in [6, 6.07) is 9.25. The van der Waals surface area contributed by atoms with Gasteiger partial charge in [0.1, 0.15) is 0 Å². The fourth-order valence-corrected chi connectivity index (χ4v) is 1.78. The Morgan fingerprint density at radius 2 is 1.93 bits per heavy atom. The van der Waals surface area contributed by atoms with E-state index < -0.39 is 0 Å². The highest BCUT2D eigenvalue weighted by Crippen LogP contribution is 2.18. The zero-order valence-corrected chi connectivity index (χ0v) is 10.0. The highest BCUT2D eigenvalue weighted by atomic mass is 32.2. The third-order valence-electron chi connectivity index (χ3n) is 2.32. The molecular formula is C12H19NS. The first-order valence-electron chi connectivity index (χ1n) is 5.15. The van der Waals surface area contributed by atoms with Gasteiger partial charge in [0.15, 0.2) is 0 Å². The fourth-order valence-electron chi connectivity index (χ4n) is 1.37. The molecule has 78 valence electrons. The standard InChI is InChI=1S/C12H19NS/c1-4-9-13-10(2)11-5-7-12(14-3)8-6-11/h5-8,10,13H,4,9H2,1-3H3/t10-/m1/s1. The van der Waals surface area contributed by atoms with E-state index in [0.717, 1.165) is 6.54 Å².